The Balaban J connectivity index is 1.30. The van der Waals surface area contributed by atoms with Crippen molar-refractivity contribution in [3.05, 3.63) is 58.5 Å². The van der Waals surface area contributed by atoms with E-state index in [4.69, 9.17) is 18.9 Å². The molecule has 1 amide bonds. The molecule has 9 heteroatoms. The molecule has 37 heavy (non-hydrogen) atoms. The Kier molecular flexibility index (Phi) is 7.64. The van der Waals surface area contributed by atoms with E-state index in [2.05, 4.69) is 47.5 Å². The van der Waals surface area contributed by atoms with E-state index in [0.29, 0.717) is 18.9 Å². The van der Waals surface area contributed by atoms with Crippen LogP contribution in [0.5, 0.6) is 17.2 Å². The highest BCUT2D eigenvalue weighted by Gasteiger charge is 2.29. The molecule has 1 aromatic heterocycles. The average molecular weight is 524 g/mol. The molecule has 1 fully saturated rings. The summed E-state index contributed by atoms with van der Waals surface area (Å²) in [5.74, 6) is 2.07. The Labute approximate surface area is 221 Å². The first-order chi connectivity index (χ1) is 17.8. The predicted molar refractivity (Wildman–Crippen MR) is 142 cm³/mol. The van der Waals surface area contributed by atoms with Gasteiger partial charge in [0.1, 0.15) is 5.75 Å². The highest BCUT2D eigenvalue weighted by molar-refractivity contribution is 7.07. The summed E-state index contributed by atoms with van der Waals surface area (Å²) in [5, 5.41) is 5.16. The van der Waals surface area contributed by atoms with Crippen molar-refractivity contribution < 1.29 is 23.7 Å². The largest absolute Gasteiger partial charge is 0.483 e. The summed E-state index contributed by atoms with van der Waals surface area (Å²) in [7, 11) is 2.05. The number of rotatable bonds is 9. The maximum atomic E-state index is 12.7. The molecule has 5 rings (SSSR count). The number of nitrogens with one attached hydrogen (secondary N) is 1. The molecule has 2 aliphatic rings. The lowest BCUT2D eigenvalue weighted by molar-refractivity contribution is -0.126. The highest BCUT2D eigenvalue weighted by Crippen LogP contribution is 2.37. The summed E-state index contributed by atoms with van der Waals surface area (Å²) in [5.41, 5.74) is 5.71. The first kappa shape index (κ1) is 25.5. The lowest BCUT2D eigenvalue weighted by atomic mass is 9.94. The van der Waals surface area contributed by atoms with Gasteiger partial charge >= 0.3 is 0 Å². The summed E-state index contributed by atoms with van der Waals surface area (Å²) in [6, 6.07) is 12.1. The quantitative estimate of drug-likeness (QED) is 0.438. The fraction of sp³-hybridized carbons (Fsp3) is 0.429. The van der Waals surface area contributed by atoms with E-state index < -0.39 is 0 Å². The Morgan fingerprint density at radius 2 is 1.97 bits per heavy atom. The van der Waals surface area contributed by atoms with Crippen molar-refractivity contribution in [1.82, 2.24) is 15.2 Å². The molecule has 0 spiro atoms. The maximum absolute atomic E-state index is 12.7. The van der Waals surface area contributed by atoms with Gasteiger partial charge in [0.05, 0.1) is 16.8 Å². The summed E-state index contributed by atoms with van der Waals surface area (Å²) in [4.78, 5) is 19.3. The second kappa shape index (κ2) is 11.1. The molecular formula is C28H33N3O5S. The SMILES string of the molecule is CN(Cc1cscn1)Cc1cc(-c2ccc3c(c2)OCO3)ccc1OCC(=O)NC1CCOC(C)(C)C1. The van der Waals surface area contributed by atoms with E-state index in [-0.39, 0.29) is 30.9 Å². The van der Waals surface area contributed by atoms with Gasteiger partial charge in [-0.1, -0.05) is 12.1 Å². The first-order valence-electron chi connectivity index (χ1n) is 12.5. The molecule has 2 aliphatic heterocycles. The second-order valence-electron chi connectivity index (χ2n) is 10.2. The van der Waals surface area contributed by atoms with Crippen LogP contribution in [0.4, 0.5) is 0 Å². The van der Waals surface area contributed by atoms with Crippen LogP contribution in [0, 0.1) is 0 Å². The van der Waals surface area contributed by atoms with Crippen LogP contribution >= 0.6 is 11.3 Å². The number of hydrogen-bond donors (Lipinski definition) is 1. The van der Waals surface area contributed by atoms with Gasteiger partial charge in [-0.25, -0.2) is 4.98 Å². The average Bonchev–Trinajstić information content (AvgIpc) is 3.54. The van der Waals surface area contributed by atoms with Crippen molar-refractivity contribution in [1.29, 1.82) is 0 Å². The number of fused-ring (bicyclic) bond motifs is 1. The lowest BCUT2D eigenvalue weighted by Crippen LogP contribution is -2.47. The number of hydrogen-bond acceptors (Lipinski definition) is 8. The van der Waals surface area contributed by atoms with E-state index in [1.807, 2.05) is 35.8 Å². The number of amides is 1. The zero-order chi connectivity index (χ0) is 25.8. The van der Waals surface area contributed by atoms with Gasteiger partial charge < -0.3 is 24.3 Å². The monoisotopic (exact) mass is 523 g/mol. The molecule has 3 aromatic rings. The van der Waals surface area contributed by atoms with E-state index in [9.17, 15) is 4.79 Å². The molecule has 1 unspecified atom stereocenters. The van der Waals surface area contributed by atoms with Crippen molar-refractivity contribution in [2.24, 2.45) is 0 Å². The Morgan fingerprint density at radius 1 is 1.16 bits per heavy atom. The van der Waals surface area contributed by atoms with Crippen molar-refractivity contribution in [2.75, 3.05) is 27.1 Å². The minimum Gasteiger partial charge on any atom is -0.483 e. The number of carbonyl (C=O) groups excluding carboxylic acids is 1. The lowest BCUT2D eigenvalue weighted by Gasteiger charge is -2.35. The number of carbonyl (C=O) groups is 1. The van der Waals surface area contributed by atoms with Gasteiger partial charge in [-0.2, -0.15) is 0 Å². The summed E-state index contributed by atoms with van der Waals surface area (Å²) in [6.45, 7) is 6.32. The van der Waals surface area contributed by atoms with Crippen molar-refractivity contribution in [3.63, 3.8) is 0 Å². The number of aromatic nitrogens is 1. The highest BCUT2D eigenvalue weighted by atomic mass is 32.1. The molecule has 1 saturated heterocycles. The normalized spacial score (nSPS) is 18.1. The molecule has 0 aliphatic carbocycles. The zero-order valence-electron chi connectivity index (χ0n) is 21.5. The molecular weight excluding hydrogens is 490 g/mol. The summed E-state index contributed by atoms with van der Waals surface area (Å²) < 4.78 is 22.8. The molecule has 0 bridgehead atoms. The van der Waals surface area contributed by atoms with Gasteiger partial charge in [0, 0.05) is 36.7 Å². The van der Waals surface area contributed by atoms with E-state index >= 15 is 0 Å². The first-order valence-corrected chi connectivity index (χ1v) is 13.4. The number of benzene rings is 2. The van der Waals surface area contributed by atoms with Crippen molar-refractivity contribution >= 4 is 17.2 Å². The van der Waals surface area contributed by atoms with Gasteiger partial charge in [0.15, 0.2) is 18.1 Å². The molecule has 1 N–H and O–H groups in total. The third-order valence-corrected chi connectivity index (χ3v) is 7.18. The van der Waals surface area contributed by atoms with Crippen LogP contribution in [0.3, 0.4) is 0 Å². The summed E-state index contributed by atoms with van der Waals surface area (Å²) >= 11 is 1.59. The summed E-state index contributed by atoms with van der Waals surface area (Å²) in [6.07, 6.45) is 1.60. The fourth-order valence-corrected chi connectivity index (χ4v) is 5.36. The van der Waals surface area contributed by atoms with E-state index in [1.165, 1.54) is 0 Å². The van der Waals surface area contributed by atoms with Crippen LogP contribution in [0.25, 0.3) is 11.1 Å². The number of ether oxygens (including phenoxy) is 4. The Morgan fingerprint density at radius 3 is 2.78 bits per heavy atom. The van der Waals surface area contributed by atoms with Crippen LogP contribution < -0.4 is 19.5 Å². The maximum Gasteiger partial charge on any atom is 0.258 e. The fourth-order valence-electron chi connectivity index (χ4n) is 4.81. The van der Waals surface area contributed by atoms with Gasteiger partial charge in [0.25, 0.3) is 5.91 Å². The molecule has 1 atom stereocenters. The zero-order valence-corrected chi connectivity index (χ0v) is 22.3. The minimum absolute atomic E-state index is 0.0377. The molecule has 2 aromatic carbocycles. The van der Waals surface area contributed by atoms with Crippen LogP contribution in [-0.2, 0) is 22.6 Å². The molecule has 0 saturated carbocycles. The van der Waals surface area contributed by atoms with Crippen LogP contribution in [0.1, 0.15) is 37.9 Å². The van der Waals surface area contributed by atoms with Gasteiger partial charge in [0.2, 0.25) is 6.79 Å². The number of nitrogens with zero attached hydrogens (tertiary/aromatic N) is 2. The molecule has 196 valence electrons. The molecule has 8 nitrogen and oxygen atoms in total. The number of thiazole rings is 1. The molecule has 3 heterocycles. The van der Waals surface area contributed by atoms with Crippen molar-refractivity contribution in [2.45, 2.75) is 51.4 Å². The second-order valence-corrected chi connectivity index (χ2v) is 10.9. The van der Waals surface area contributed by atoms with Crippen LogP contribution in [0.2, 0.25) is 0 Å². The Bertz CT molecular complexity index is 1230. The van der Waals surface area contributed by atoms with E-state index in [0.717, 1.165) is 53.3 Å². The topological polar surface area (TPSA) is 82.2 Å². The standard InChI is InChI=1S/C28H33N3O5S/c1-28(2)12-22(8-9-36-28)30-27(32)15-33-24-6-4-19(20-5-7-25-26(11-20)35-18-34-25)10-21(24)13-31(3)14-23-16-37-17-29-23/h4-7,10-11,16-17,22H,8-9,12-15,18H2,1-3H3,(H,30,32). The molecule has 0 radical (unpaired) electrons. The smallest absolute Gasteiger partial charge is 0.258 e. The van der Waals surface area contributed by atoms with Gasteiger partial charge in [-0.3, -0.25) is 9.69 Å². The Hall–Kier alpha value is -3.14. The minimum atomic E-state index is -0.226. The predicted octanol–water partition coefficient (Wildman–Crippen LogP) is 4.62. The third kappa shape index (κ3) is 6.60. The van der Waals surface area contributed by atoms with Gasteiger partial charge in [-0.15, -0.1) is 11.3 Å². The van der Waals surface area contributed by atoms with E-state index in [1.54, 1.807) is 11.3 Å². The third-order valence-electron chi connectivity index (χ3n) is 6.54. The van der Waals surface area contributed by atoms with Crippen LogP contribution in [-0.4, -0.2) is 54.5 Å². The van der Waals surface area contributed by atoms with Crippen LogP contribution in [0.15, 0.2) is 47.3 Å². The van der Waals surface area contributed by atoms with Gasteiger partial charge in [-0.05, 0) is 69.1 Å². The van der Waals surface area contributed by atoms with Crippen molar-refractivity contribution in [3.8, 4) is 28.4 Å².